The second kappa shape index (κ2) is 6.13. The zero-order chi connectivity index (χ0) is 15.7. The predicted molar refractivity (Wildman–Crippen MR) is 72.8 cm³/mol. The highest BCUT2D eigenvalue weighted by Gasteiger charge is 2.29. The molecule has 0 radical (unpaired) electrons. The van der Waals surface area contributed by atoms with Gasteiger partial charge in [0.25, 0.3) is 0 Å². The quantitative estimate of drug-likeness (QED) is 0.295. The highest BCUT2D eigenvalue weighted by molar-refractivity contribution is 9.09. The fourth-order valence-electron chi connectivity index (χ4n) is 1.93. The summed E-state index contributed by atoms with van der Waals surface area (Å²) in [6, 6.07) is 6.62. The van der Waals surface area contributed by atoms with Crippen LogP contribution in [0.5, 0.6) is 0 Å². The lowest BCUT2D eigenvalue weighted by Crippen LogP contribution is -2.09. The first-order valence-corrected chi connectivity index (χ1v) is 7.04. The van der Waals surface area contributed by atoms with Crippen molar-refractivity contribution in [3.05, 3.63) is 70.0 Å². The van der Waals surface area contributed by atoms with Crippen LogP contribution in [0.25, 0.3) is 0 Å². The van der Waals surface area contributed by atoms with Gasteiger partial charge in [-0.2, -0.15) is 0 Å². The van der Waals surface area contributed by atoms with Gasteiger partial charge in [0.1, 0.15) is 0 Å². The van der Waals surface area contributed by atoms with E-state index in [1.165, 1.54) is 0 Å². The van der Waals surface area contributed by atoms with Gasteiger partial charge in [0.2, 0.25) is 5.82 Å². The molecule has 6 heteroatoms. The maximum absolute atomic E-state index is 13.7. The van der Waals surface area contributed by atoms with E-state index in [2.05, 4.69) is 15.9 Å². The fourth-order valence-corrected chi connectivity index (χ4v) is 2.64. The van der Waals surface area contributed by atoms with E-state index in [1.807, 2.05) is 6.92 Å². The Morgan fingerprint density at radius 3 is 1.67 bits per heavy atom. The molecule has 0 spiro atoms. The SMILES string of the molecule is CCc1ccc(C(Br)c2c(F)c(F)c(F)c(F)c2F)cc1. The third-order valence-electron chi connectivity index (χ3n) is 3.18. The van der Waals surface area contributed by atoms with E-state index in [0.717, 1.165) is 12.0 Å². The van der Waals surface area contributed by atoms with Crippen LogP contribution in [0, 0.1) is 29.1 Å². The number of halogens is 6. The zero-order valence-corrected chi connectivity index (χ0v) is 12.4. The first kappa shape index (κ1) is 15.9. The zero-order valence-electron chi connectivity index (χ0n) is 10.9. The van der Waals surface area contributed by atoms with Crippen molar-refractivity contribution >= 4 is 15.9 Å². The molecule has 0 saturated carbocycles. The second-order valence-electron chi connectivity index (χ2n) is 4.44. The Labute approximate surface area is 126 Å². The van der Waals surface area contributed by atoms with Crippen LogP contribution >= 0.6 is 15.9 Å². The van der Waals surface area contributed by atoms with E-state index in [9.17, 15) is 22.0 Å². The molecule has 0 N–H and O–H groups in total. The van der Waals surface area contributed by atoms with Gasteiger partial charge in [-0.25, -0.2) is 22.0 Å². The molecule has 0 amide bonds. The molecule has 1 unspecified atom stereocenters. The Hall–Kier alpha value is -1.43. The van der Waals surface area contributed by atoms with Crippen molar-refractivity contribution in [3.8, 4) is 0 Å². The molecule has 2 rings (SSSR count). The standard InChI is InChI=1S/C15H10BrF5/c1-2-7-3-5-8(6-4-7)10(16)9-11(17)13(19)15(21)14(20)12(9)18/h3-6,10H,2H2,1H3. The monoisotopic (exact) mass is 364 g/mol. The number of alkyl halides is 1. The average Bonchev–Trinajstić information content (AvgIpc) is 2.51. The summed E-state index contributed by atoms with van der Waals surface area (Å²) in [5, 5.41) is 0. The number of rotatable bonds is 3. The van der Waals surface area contributed by atoms with Crippen LogP contribution in [0.15, 0.2) is 24.3 Å². The molecule has 112 valence electrons. The highest BCUT2D eigenvalue weighted by atomic mass is 79.9. The van der Waals surface area contributed by atoms with Gasteiger partial charge in [-0.05, 0) is 17.5 Å². The molecule has 0 aliphatic heterocycles. The minimum atomic E-state index is -2.16. The van der Waals surface area contributed by atoms with Crippen molar-refractivity contribution in [3.63, 3.8) is 0 Å². The Kier molecular flexibility index (Phi) is 4.66. The summed E-state index contributed by atoms with van der Waals surface area (Å²) in [5.41, 5.74) is 0.502. The third-order valence-corrected chi connectivity index (χ3v) is 4.16. The molecule has 0 aromatic heterocycles. The van der Waals surface area contributed by atoms with Crippen molar-refractivity contribution in [1.82, 2.24) is 0 Å². The van der Waals surface area contributed by atoms with E-state index in [4.69, 9.17) is 0 Å². The minimum Gasteiger partial charge on any atom is -0.203 e. The number of aryl methyl sites for hydroxylation is 1. The van der Waals surface area contributed by atoms with Gasteiger partial charge < -0.3 is 0 Å². The number of hydrogen-bond acceptors (Lipinski definition) is 0. The Morgan fingerprint density at radius 1 is 0.810 bits per heavy atom. The van der Waals surface area contributed by atoms with Gasteiger partial charge in [-0.15, -0.1) is 0 Å². The summed E-state index contributed by atoms with van der Waals surface area (Å²) in [6.07, 6.45) is 0.774. The largest absolute Gasteiger partial charge is 0.203 e. The minimum absolute atomic E-state index is 0.399. The van der Waals surface area contributed by atoms with Crippen molar-refractivity contribution in [1.29, 1.82) is 0 Å². The molecule has 1 atom stereocenters. The third kappa shape index (κ3) is 2.81. The van der Waals surface area contributed by atoms with Crippen LogP contribution in [0.3, 0.4) is 0 Å². The van der Waals surface area contributed by atoms with Crippen LogP contribution in [0.1, 0.15) is 28.4 Å². The normalized spacial score (nSPS) is 12.5. The number of hydrogen-bond donors (Lipinski definition) is 0. The predicted octanol–water partition coefficient (Wildman–Crippen LogP) is 5.43. The van der Waals surface area contributed by atoms with Gasteiger partial charge in [0.15, 0.2) is 23.3 Å². The lowest BCUT2D eigenvalue weighted by atomic mass is 10.0. The summed E-state index contributed by atoms with van der Waals surface area (Å²) >= 11 is 3.00. The van der Waals surface area contributed by atoms with E-state index in [1.54, 1.807) is 24.3 Å². The smallest absolute Gasteiger partial charge is 0.200 e. The molecule has 2 aromatic rings. The summed E-state index contributed by atoms with van der Waals surface area (Å²) in [5.74, 6) is -9.70. The van der Waals surface area contributed by atoms with Crippen molar-refractivity contribution in [2.45, 2.75) is 18.2 Å². The summed E-state index contributed by atoms with van der Waals surface area (Å²) in [4.78, 5) is -1.13. The first-order chi connectivity index (χ1) is 9.88. The first-order valence-electron chi connectivity index (χ1n) is 6.12. The second-order valence-corrected chi connectivity index (χ2v) is 5.36. The van der Waals surface area contributed by atoms with Crippen LogP contribution in [0.2, 0.25) is 0 Å². The molecule has 2 aromatic carbocycles. The highest BCUT2D eigenvalue weighted by Crippen LogP contribution is 2.37. The number of benzene rings is 2. The van der Waals surface area contributed by atoms with Crippen molar-refractivity contribution in [2.75, 3.05) is 0 Å². The molecule has 0 saturated heterocycles. The van der Waals surface area contributed by atoms with Crippen molar-refractivity contribution < 1.29 is 22.0 Å². The Balaban J connectivity index is 2.55. The molecule has 0 aliphatic rings. The topological polar surface area (TPSA) is 0 Å². The molecule has 0 heterocycles. The molecule has 21 heavy (non-hydrogen) atoms. The fraction of sp³-hybridized carbons (Fsp3) is 0.200. The molecular weight excluding hydrogens is 355 g/mol. The maximum Gasteiger partial charge on any atom is 0.200 e. The van der Waals surface area contributed by atoms with Crippen LogP contribution in [0.4, 0.5) is 22.0 Å². The van der Waals surface area contributed by atoms with Gasteiger partial charge in [0, 0.05) is 5.56 Å². The Morgan fingerprint density at radius 2 is 1.24 bits per heavy atom. The summed E-state index contributed by atoms with van der Waals surface area (Å²) in [6.45, 7) is 1.94. The van der Waals surface area contributed by atoms with E-state index >= 15 is 0 Å². The van der Waals surface area contributed by atoms with Gasteiger partial charge in [-0.1, -0.05) is 47.1 Å². The van der Waals surface area contributed by atoms with Crippen LogP contribution in [-0.2, 0) is 6.42 Å². The molecule has 0 nitrogen and oxygen atoms in total. The lowest BCUT2D eigenvalue weighted by molar-refractivity contribution is 0.371. The average molecular weight is 365 g/mol. The molecular formula is C15H10BrF5. The van der Waals surface area contributed by atoms with E-state index < -0.39 is 39.5 Å². The summed E-state index contributed by atoms with van der Waals surface area (Å²) in [7, 11) is 0. The van der Waals surface area contributed by atoms with Crippen LogP contribution in [-0.4, -0.2) is 0 Å². The lowest BCUT2D eigenvalue weighted by Gasteiger charge is -2.14. The molecule has 0 bridgehead atoms. The van der Waals surface area contributed by atoms with E-state index in [-0.39, 0.29) is 0 Å². The molecule has 0 aliphatic carbocycles. The van der Waals surface area contributed by atoms with E-state index in [0.29, 0.717) is 5.56 Å². The Bertz CT molecular complexity index is 638. The van der Waals surface area contributed by atoms with Crippen molar-refractivity contribution in [2.24, 2.45) is 0 Å². The van der Waals surface area contributed by atoms with Gasteiger partial charge >= 0.3 is 0 Å². The van der Waals surface area contributed by atoms with Gasteiger partial charge in [-0.3, -0.25) is 0 Å². The maximum atomic E-state index is 13.7. The van der Waals surface area contributed by atoms with Gasteiger partial charge in [0.05, 0.1) is 4.83 Å². The summed E-state index contributed by atoms with van der Waals surface area (Å²) < 4.78 is 66.9. The molecule has 0 fully saturated rings. The van der Waals surface area contributed by atoms with Crippen LogP contribution < -0.4 is 0 Å².